The first kappa shape index (κ1) is 14.6. The van der Waals surface area contributed by atoms with Crippen LogP contribution in [0.15, 0.2) is 12.1 Å². The second-order valence-electron chi connectivity index (χ2n) is 4.67. The first-order valence-electron chi connectivity index (χ1n) is 7.11. The Hall–Kier alpha value is -1.84. The summed E-state index contributed by atoms with van der Waals surface area (Å²) in [5.74, 6) is -0.0789. The van der Waals surface area contributed by atoms with Crippen molar-refractivity contribution in [1.29, 1.82) is 0 Å². The molecule has 3 nitrogen and oxygen atoms in total. The summed E-state index contributed by atoms with van der Waals surface area (Å²) in [7, 11) is 0. The molecule has 0 spiro atoms. The van der Waals surface area contributed by atoms with E-state index < -0.39 is 0 Å². The maximum atomic E-state index is 14.0. The number of aryl methyl sites for hydroxylation is 1. The van der Waals surface area contributed by atoms with Gasteiger partial charge in [-0.3, -0.25) is 4.98 Å². The molecule has 1 aromatic carbocycles. The van der Waals surface area contributed by atoms with Gasteiger partial charge in [-0.15, -0.1) is 0 Å². The molecule has 1 heterocycles. The van der Waals surface area contributed by atoms with Gasteiger partial charge in [0.25, 0.3) is 0 Å². The fraction of sp³-hybridized carbons (Fsp3) is 0.438. The third kappa shape index (κ3) is 2.55. The highest BCUT2D eigenvalue weighted by molar-refractivity contribution is 5.94. The number of fused-ring (bicyclic) bond motifs is 1. The van der Waals surface area contributed by atoms with Gasteiger partial charge in [-0.25, -0.2) is 4.39 Å². The molecule has 0 aliphatic carbocycles. The molecule has 2 aromatic rings. The maximum Gasteiger partial charge on any atom is 0.167 e. The molecular formula is C16H21FN2O. The first-order chi connectivity index (χ1) is 9.62. The number of rotatable bonds is 5. The van der Waals surface area contributed by atoms with E-state index in [1.165, 1.54) is 11.6 Å². The fourth-order valence-corrected chi connectivity index (χ4v) is 2.50. The number of hydrogen-bond donors (Lipinski definition) is 1. The minimum absolute atomic E-state index is 0.284. The topological polar surface area (TPSA) is 34.2 Å². The van der Waals surface area contributed by atoms with Crippen molar-refractivity contribution in [3.63, 3.8) is 0 Å². The molecule has 4 heteroatoms. The van der Waals surface area contributed by atoms with Crippen LogP contribution in [0.1, 0.15) is 32.0 Å². The molecule has 0 fully saturated rings. The lowest BCUT2D eigenvalue weighted by Crippen LogP contribution is -2.06. The molecule has 0 saturated carbocycles. The summed E-state index contributed by atoms with van der Waals surface area (Å²) < 4.78 is 19.3. The Morgan fingerprint density at radius 1 is 1.25 bits per heavy atom. The van der Waals surface area contributed by atoms with Gasteiger partial charge < -0.3 is 10.1 Å². The van der Waals surface area contributed by atoms with Crippen molar-refractivity contribution in [3.05, 3.63) is 29.2 Å². The lowest BCUT2D eigenvalue weighted by molar-refractivity contribution is 0.322. The molecule has 0 atom stereocenters. The van der Waals surface area contributed by atoms with Gasteiger partial charge >= 0.3 is 0 Å². The van der Waals surface area contributed by atoms with E-state index in [4.69, 9.17) is 4.74 Å². The zero-order valence-corrected chi connectivity index (χ0v) is 12.5. The summed E-state index contributed by atoms with van der Waals surface area (Å²) in [5.41, 5.74) is 3.82. The number of anilines is 1. The van der Waals surface area contributed by atoms with Crippen LogP contribution >= 0.6 is 0 Å². The number of aromatic nitrogens is 1. The smallest absolute Gasteiger partial charge is 0.167 e. The van der Waals surface area contributed by atoms with Crippen molar-refractivity contribution in [3.8, 4) is 5.75 Å². The Morgan fingerprint density at radius 2 is 2.00 bits per heavy atom. The number of nitrogens with zero attached hydrogens (tertiary/aromatic N) is 1. The lowest BCUT2D eigenvalue weighted by Gasteiger charge is -2.16. The molecule has 2 rings (SSSR count). The highest BCUT2D eigenvalue weighted by Crippen LogP contribution is 2.33. The second kappa shape index (κ2) is 6.07. The number of ether oxygens (including phenoxy) is 1. The van der Waals surface area contributed by atoms with Crippen molar-refractivity contribution < 1.29 is 9.13 Å². The van der Waals surface area contributed by atoms with Crippen LogP contribution < -0.4 is 10.1 Å². The molecule has 0 saturated heterocycles. The molecular weight excluding hydrogens is 255 g/mol. The third-order valence-electron chi connectivity index (χ3n) is 3.35. The van der Waals surface area contributed by atoms with E-state index in [1.54, 1.807) is 6.07 Å². The summed E-state index contributed by atoms with van der Waals surface area (Å²) in [6, 6.07) is 3.20. The van der Waals surface area contributed by atoms with Gasteiger partial charge in [0.15, 0.2) is 11.6 Å². The predicted octanol–water partition coefficient (Wildman–Crippen LogP) is 4.08. The number of nitrogens with one attached hydrogen (secondary N) is 1. The van der Waals surface area contributed by atoms with Crippen LogP contribution in [0.25, 0.3) is 10.9 Å². The third-order valence-corrected chi connectivity index (χ3v) is 3.35. The average molecular weight is 276 g/mol. The minimum Gasteiger partial charge on any atom is -0.491 e. The van der Waals surface area contributed by atoms with Crippen LogP contribution in [-0.4, -0.2) is 18.1 Å². The number of halogens is 1. The van der Waals surface area contributed by atoms with E-state index in [-0.39, 0.29) is 11.6 Å². The van der Waals surface area contributed by atoms with Gasteiger partial charge in [0.05, 0.1) is 12.1 Å². The molecule has 0 amide bonds. The van der Waals surface area contributed by atoms with Crippen molar-refractivity contribution in [1.82, 2.24) is 4.98 Å². The van der Waals surface area contributed by atoms with Gasteiger partial charge in [-0.05, 0) is 38.8 Å². The molecule has 0 aliphatic rings. The van der Waals surface area contributed by atoms with Gasteiger partial charge in [0.1, 0.15) is 0 Å². The fourth-order valence-electron chi connectivity index (χ4n) is 2.50. The van der Waals surface area contributed by atoms with Crippen molar-refractivity contribution in [2.45, 2.75) is 34.1 Å². The standard InChI is InChI=1S/C16H21FN2O/c1-5-11-10(4)19-14-9-13(17)15(20-7-3)8-12(14)16(11)18-6-2/h8-9H,5-7H2,1-4H3,(H,18,19). The van der Waals surface area contributed by atoms with Gasteiger partial charge in [0.2, 0.25) is 0 Å². The molecule has 0 unspecified atom stereocenters. The number of hydrogen-bond acceptors (Lipinski definition) is 3. The predicted molar refractivity (Wildman–Crippen MR) is 81.1 cm³/mol. The quantitative estimate of drug-likeness (QED) is 0.893. The van der Waals surface area contributed by atoms with Crippen LogP contribution in [0.3, 0.4) is 0 Å². The monoisotopic (exact) mass is 276 g/mol. The minimum atomic E-state index is -0.363. The van der Waals surface area contributed by atoms with Gasteiger partial charge in [0, 0.05) is 29.4 Å². The molecule has 0 radical (unpaired) electrons. The summed E-state index contributed by atoms with van der Waals surface area (Å²) in [6.45, 7) is 9.22. The van der Waals surface area contributed by atoms with Crippen LogP contribution in [0.5, 0.6) is 5.75 Å². The van der Waals surface area contributed by atoms with Crippen molar-refractivity contribution in [2.75, 3.05) is 18.5 Å². The largest absolute Gasteiger partial charge is 0.491 e. The van der Waals surface area contributed by atoms with Crippen molar-refractivity contribution in [2.24, 2.45) is 0 Å². The van der Waals surface area contributed by atoms with Crippen LogP contribution in [0.4, 0.5) is 10.1 Å². The van der Waals surface area contributed by atoms with Crippen LogP contribution in [0.2, 0.25) is 0 Å². The SMILES string of the molecule is CCNc1c(CC)c(C)nc2cc(F)c(OCC)cc12. The maximum absolute atomic E-state index is 14.0. The van der Waals surface area contributed by atoms with E-state index in [0.717, 1.165) is 29.7 Å². The highest BCUT2D eigenvalue weighted by atomic mass is 19.1. The Bertz CT molecular complexity index is 626. The number of pyridine rings is 1. The summed E-state index contributed by atoms with van der Waals surface area (Å²) >= 11 is 0. The highest BCUT2D eigenvalue weighted by Gasteiger charge is 2.14. The van der Waals surface area contributed by atoms with Gasteiger partial charge in [-0.2, -0.15) is 0 Å². The Morgan fingerprint density at radius 3 is 2.60 bits per heavy atom. The van der Waals surface area contributed by atoms with E-state index >= 15 is 0 Å². The molecule has 20 heavy (non-hydrogen) atoms. The summed E-state index contributed by atoms with van der Waals surface area (Å²) in [4.78, 5) is 4.52. The van der Waals surface area contributed by atoms with E-state index in [0.29, 0.717) is 12.1 Å². The zero-order valence-electron chi connectivity index (χ0n) is 12.5. The summed E-state index contributed by atoms with van der Waals surface area (Å²) in [5, 5.41) is 4.30. The Kier molecular flexibility index (Phi) is 4.42. The van der Waals surface area contributed by atoms with Crippen molar-refractivity contribution >= 4 is 16.6 Å². The number of benzene rings is 1. The van der Waals surface area contributed by atoms with Crippen LogP contribution in [-0.2, 0) is 6.42 Å². The van der Waals surface area contributed by atoms with E-state index in [1.807, 2.05) is 20.8 Å². The normalized spacial score (nSPS) is 10.8. The second-order valence-corrected chi connectivity index (χ2v) is 4.67. The Labute approximate surface area is 119 Å². The lowest BCUT2D eigenvalue weighted by atomic mass is 10.0. The zero-order chi connectivity index (χ0) is 14.7. The van der Waals surface area contributed by atoms with E-state index in [2.05, 4.69) is 17.2 Å². The summed E-state index contributed by atoms with van der Waals surface area (Å²) in [6.07, 6.45) is 0.887. The molecule has 0 aliphatic heterocycles. The molecule has 1 aromatic heterocycles. The molecule has 0 bridgehead atoms. The molecule has 1 N–H and O–H groups in total. The molecule has 108 valence electrons. The van der Waals surface area contributed by atoms with E-state index in [9.17, 15) is 4.39 Å². The van der Waals surface area contributed by atoms with Crippen LogP contribution in [0, 0.1) is 12.7 Å². The Balaban J connectivity index is 2.75. The van der Waals surface area contributed by atoms with Gasteiger partial charge in [-0.1, -0.05) is 6.92 Å². The first-order valence-corrected chi connectivity index (χ1v) is 7.11. The average Bonchev–Trinajstić information content (AvgIpc) is 2.41.